The first-order chi connectivity index (χ1) is 9.95. The molecule has 114 valence electrons. The first kappa shape index (κ1) is 16.8. The lowest BCUT2D eigenvalue weighted by Gasteiger charge is -2.08. The van der Waals surface area contributed by atoms with E-state index in [9.17, 15) is 0 Å². The summed E-state index contributed by atoms with van der Waals surface area (Å²) in [7, 11) is 0. The van der Waals surface area contributed by atoms with Gasteiger partial charge in [-0.25, -0.2) is 0 Å². The van der Waals surface area contributed by atoms with Crippen molar-refractivity contribution in [3.05, 3.63) is 49.1 Å². The minimum absolute atomic E-state index is 0.494. The van der Waals surface area contributed by atoms with Crippen LogP contribution < -0.4 is 10.1 Å². The molecule has 2 aromatic rings. The zero-order chi connectivity index (χ0) is 15.4. The van der Waals surface area contributed by atoms with Crippen molar-refractivity contribution in [2.24, 2.45) is 0 Å². The quantitative estimate of drug-likeness (QED) is 0.700. The number of aryl methyl sites for hydroxylation is 1. The molecule has 0 unspecified atom stereocenters. The normalized spacial score (nSPS) is 11.1. The molecule has 0 aliphatic heterocycles. The van der Waals surface area contributed by atoms with Crippen molar-refractivity contribution in [3.63, 3.8) is 0 Å². The average Bonchev–Trinajstić information content (AvgIpc) is 2.76. The van der Waals surface area contributed by atoms with E-state index in [2.05, 4.69) is 48.1 Å². The minimum Gasteiger partial charge on any atom is -0.487 e. The topological polar surface area (TPSA) is 21.3 Å². The number of ether oxygens (including phenoxy) is 1. The predicted octanol–water partition coefficient (Wildman–Crippen LogP) is 5.55. The standard InChI is InChI=1S/C16H19BrClNOS/c1-10(2)19-8-14-6-12(11(3)21-14)9-20-16-5-4-13(17)7-15(16)18/h4-7,10,19H,8-9H2,1-3H3. The maximum Gasteiger partial charge on any atom is 0.138 e. The number of hydrogen-bond acceptors (Lipinski definition) is 3. The third kappa shape index (κ3) is 4.99. The molecule has 0 spiro atoms. The van der Waals surface area contributed by atoms with Gasteiger partial charge in [-0.15, -0.1) is 11.3 Å². The van der Waals surface area contributed by atoms with Crippen molar-refractivity contribution in [2.45, 2.75) is 40.0 Å². The Balaban J connectivity index is 1.99. The summed E-state index contributed by atoms with van der Waals surface area (Å²) < 4.78 is 6.78. The van der Waals surface area contributed by atoms with E-state index in [-0.39, 0.29) is 0 Å². The van der Waals surface area contributed by atoms with Gasteiger partial charge < -0.3 is 10.1 Å². The highest BCUT2D eigenvalue weighted by atomic mass is 79.9. The van der Waals surface area contributed by atoms with Crippen LogP contribution in [0.3, 0.4) is 0 Å². The number of halogens is 2. The van der Waals surface area contributed by atoms with Gasteiger partial charge in [0.15, 0.2) is 0 Å². The summed E-state index contributed by atoms with van der Waals surface area (Å²) >= 11 is 11.4. The fourth-order valence-electron chi connectivity index (χ4n) is 1.87. The zero-order valence-corrected chi connectivity index (χ0v) is 15.5. The number of benzene rings is 1. The molecule has 1 N–H and O–H groups in total. The Labute approximate surface area is 143 Å². The Bertz CT molecular complexity index is 612. The number of hydrogen-bond donors (Lipinski definition) is 1. The molecule has 2 nitrogen and oxygen atoms in total. The van der Waals surface area contributed by atoms with Crippen LogP contribution in [0.4, 0.5) is 0 Å². The van der Waals surface area contributed by atoms with Crippen LogP contribution in [0.15, 0.2) is 28.7 Å². The van der Waals surface area contributed by atoms with Crippen LogP contribution in [0.2, 0.25) is 5.02 Å². The molecule has 0 saturated carbocycles. The van der Waals surface area contributed by atoms with Gasteiger partial charge in [-0.1, -0.05) is 41.4 Å². The summed E-state index contributed by atoms with van der Waals surface area (Å²) in [4.78, 5) is 2.63. The first-order valence-corrected chi connectivity index (χ1v) is 8.84. The largest absolute Gasteiger partial charge is 0.487 e. The van der Waals surface area contributed by atoms with E-state index in [4.69, 9.17) is 16.3 Å². The van der Waals surface area contributed by atoms with Crippen LogP contribution in [-0.4, -0.2) is 6.04 Å². The molecular formula is C16H19BrClNOS. The Kier molecular flexibility index (Phi) is 6.11. The molecule has 1 heterocycles. The molecule has 0 radical (unpaired) electrons. The third-order valence-corrected chi connectivity index (χ3v) is 4.91. The Morgan fingerprint density at radius 1 is 1.33 bits per heavy atom. The fourth-order valence-corrected chi connectivity index (χ4v) is 3.60. The second kappa shape index (κ2) is 7.63. The average molecular weight is 389 g/mol. The zero-order valence-electron chi connectivity index (χ0n) is 12.4. The molecular weight excluding hydrogens is 370 g/mol. The lowest BCUT2D eigenvalue weighted by Crippen LogP contribution is -2.21. The van der Waals surface area contributed by atoms with Gasteiger partial charge in [-0.2, -0.15) is 0 Å². The van der Waals surface area contributed by atoms with E-state index in [1.165, 1.54) is 15.3 Å². The molecule has 0 aliphatic rings. The molecule has 0 amide bonds. The Morgan fingerprint density at radius 3 is 2.76 bits per heavy atom. The van der Waals surface area contributed by atoms with Gasteiger partial charge in [-0.3, -0.25) is 0 Å². The Hall–Kier alpha value is -0.550. The highest BCUT2D eigenvalue weighted by molar-refractivity contribution is 9.10. The second-order valence-electron chi connectivity index (χ2n) is 5.19. The molecule has 0 aliphatic carbocycles. The minimum atomic E-state index is 0.494. The monoisotopic (exact) mass is 387 g/mol. The van der Waals surface area contributed by atoms with Gasteiger partial charge in [-0.05, 0) is 31.2 Å². The van der Waals surface area contributed by atoms with Crippen molar-refractivity contribution < 1.29 is 4.74 Å². The lowest BCUT2D eigenvalue weighted by molar-refractivity contribution is 0.306. The van der Waals surface area contributed by atoms with Crippen LogP contribution in [0.1, 0.15) is 29.2 Å². The van der Waals surface area contributed by atoms with E-state index in [0.29, 0.717) is 23.4 Å². The van der Waals surface area contributed by atoms with Gasteiger partial charge in [0.2, 0.25) is 0 Å². The molecule has 5 heteroatoms. The summed E-state index contributed by atoms with van der Waals surface area (Å²) in [5, 5.41) is 4.06. The SMILES string of the molecule is Cc1sc(CNC(C)C)cc1COc1ccc(Br)cc1Cl. The smallest absolute Gasteiger partial charge is 0.138 e. The summed E-state index contributed by atoms with van der Waals surface area (Å²) in [6.45, 7) is 7.89. The number of rotatable bonds is 6. The van der Waals surface area contributed by atoms with Crippen LogP contribution >= 0.6 is 38.9 Å². The van der Waals surface area contributed by atoms with Gasteiger partial charge >= 0.3 is 0 Å². The van der Waals surface area contributed by atoms with Gasteiger partial charge in [0.05, 0.1) is 5.02 Å². The highest BCUT2D eigenvalue weighted by Gasteiger charge is 2.08. The predicted molar refractivity (Wildman–Crippen MR) is 94.5 cm³/mol. The molecule has 1 aromatic heterocycles. The van der Waals surface area contributed by atoms with Crippen LogP contribution in [0.25, 0.3) is 0 Å². The first-order valence-electron chi connectivity index (χ1n) is 6.85. The van der Waals surface area contributed by atoms with Gasteiger partial charge in [0.1, 0.15) is 12.4 Å². The molecule has 0 fully saturated rings. The van der Waals surface area contributed by atoms with E-state index in [0.717, 1.165) is 11.0 Å². The highest BCUT2D eigenvalue weighted by Crippen LogP contribution is 2.29. The third-order valence-electron chi connectivity index (χ3n) is 3.03. The van der Waals surface area contributed by atoms with Crippen LogP contribution in [0, 0.1) is 6.92 Å². The summed E-state index contributed by atoms with van der Waals surface area (Å²) in [5.41, 5.74) is 1.22. The van der Waals surface area contributed by atoms with Crippen LogP contribution in [0.5, 0.6) is 5.75 Å². The maximum atomic E-state index is 6.16. The Morgan fingerprint density at radius 2 is 2.10 bits per heavy atom. The van der Waals surface area contributed by atoms with Crippen molar-refractivity contribution in [1.29, 1.82) is 0 Å². The molecule has 1 aromatic carbocycles. The fraction of sp³-hybridized carbons (Fsp3) is 0.375. The molecule has 2 rings (SSSR count). The summed E-state index contributed by atoms with van der Waals surface area (Å²) in [6, 6.07) is 8.36. The molecule has 0 saturated heterocycles. The van der Waals surface area contributed by atoms with Gasteiger partial charge in [0.25, 0.3) is 0 Å². The van der Waals surface area contributed by atoms with E-state index in [1.54, 1.807) is 0 Å². The van der Waals surface area contributed by atoms with Crippen molar-refractivity contribution >= 4 is 38.9 Å². The van der Waals surface area contributed by atoms with Crippen LogP contribution in [-0.2, 0) is 13.2 Å². The van der Waals surface area contributed by atoms with Crippen molar-refractivity contribution in [2.75, 3.05) is 0 Å². The summed E-state index contributed by atoms with van der Waals surface area (Å²) in [5.74, 6) is 0.715. The number of nitrogens with one attached hydrogen (secondary N) is 1. The van der Waals surface area contributed by atoms with Gasteiger partial charge in [0, 0.05) is 32.4 Å². The van der Waals surface area contributed by atoms with E-state index < -0.39 is 0 Å². The number of thiophene rings is 1. The molecule has 0 bridgehead atoms. The molecule has 0 atom stereocenters. The lowest BCUT2D eigenvalue weighted by atomic mass is 10.2. The maximum absolute atomic E-state index is 6.16. The van der Waals surface area contributed by atoms with Crippen molar-refractivity contribution in [1.82, 2.24) is 5.32 Å². The summed E-state index contributed by atoms with van der Waals surface area (Å²) in [6.07, 6.45) is 0. The molecule has 21 heavy (non-hydrogen) atoms. The van der Waals surface area contributed by atoms with E-state index >= 15 is 0 Å². The van der Waals surface area contributed by atoms with Crippen molar-refractivity contribution in [3.8, 4) is 5.75 Å². The van der Waals surface area contributed by atoms with E-state index in [1.807, 2.05) is 29.5 Å². The second-order valence-corrected chi connectivity index (χ2v) is 7.86.